The zero-order chi connectivity index (χ0) is 37.0. The summed E-state index contributed by atoms with van der Waals surface area (Å²) in [6, 6.07) is 73.5. The highest BCUT2D eigenvalue weighted by molar-refractivity contribution is 6.02. The summed E-state index contributed by atoms with van der Waals surface area (Å²) in [5, 5.41) is 0. The Morgan fingerprint density at radius 2 is 0.673 bits per heavy atom. The maximum Gasteiger partial charge on any atom is 0.292 e. The van der Waals surface area contributed by atoms with Crippen molar-refractivity contribution in [3.8, 4) is 66.8 Å². The lowest BCUT2D eigenvalue weighted by atomic mass is 9.86. The van der Waals surface area contributed by atoms with Gasteiger partial charge in [0.15, 0.2) is 5.71 Å². The minimum Gasteiger partial charge on any atom is -0.435 e. The average Bonchev–Trinajstić information content (AvgIpc) is 3.27. The van der Waals surface area contributed by atoms with Gasteiger partial charge in [0.05, 0.1) is 11.1 Å². The number of rotatable bonds is 8. The van der Waals surface area contributed by atoms with Crippen molar-refractivity contribution in [2.75, 3.05) is 6.73 Å². The van der Waals surface area contributed by atoms with Gasteiger partial charge in [0, 0.05) is 18.6 Å². The molecule has 8 aromatic rings. The number of benzene rings is 8. The van der Waals surface area contributed by atoms with E-state index in [0.717, 1.165) is 67.2 Å². The Hall–Kier alpha value is -7.03. The summed E-state index contributed by atoms with van der Waals surface area (Å²) in [5.74, 6) is 0.856. The summed E-state index contributed by atoms with van der Waals surface area (Å²) in [4.78, 5) is 0. The van der Waals surface area contributed by atoms with Crippen LogP contribution in [0.2, 0.25) is 0 Å². The van der Waals surface area contributed by atoms with Crippen molar-refractivity contribution in [3.63, 3.8) is 0 Å². The maximum atomic E-state index is 7.03. The Balaban J connectivity index is 1.30. The Kier molecular flexibility index (Phi) is 9.30. The molecule has 0 atom stereocenters. The van der Waals surface area contributed by atoms with Gasteiger partial charge >= 0.3 is 0 Å². The normalized spacial score (nSPS) is 12.6. The van der Waals surface area contributed by atoms with E-state index in [2.05, 4.69) is 224 Å². The average molecular weight is 707 g/mol. The number of hydrogen-bond acceptors (Lipinski definition) is 1. The molecule has 2 heteroatoms. The number of nitrogens with zero attached hydrogens (tertiary/aromatic N) is 1. The molecular formula is C53H40NO+. The lowest BCUT2D eigenvalue weighted by Crippen LogP contribution is -2.23. The molecule has 0 amide bonds. The van der Waals surface area contributed by atoms with Gasteiger partial charge in [0.25, 0.3) is 6.73 Å². The Morgan fingerprint density at radius 3 is 1.02 bits per heavy atom. The van der Waals surface area contributed by atoms with E-state index >= 15 is 0 Å². The first kappa shape index (κ1) is 33.8. The smallest absolute Gasteiger partial charge is 0.292 e. The molecule has 55 heavy (non-hydrogen) atoms. The van der Waals surface area contributed by atoms with Crippen LogP contribution in [-0.2, 0) is 4.74 Å². The monoisotopic (exact) mass is 706 g/mol. The topological polar surface area (TPSA) is 12.2 Å². The molecule has 0 radical (unpaired) electrons. The molecule has 0 aromatic heterocycles. The van der Waals surface area contributed by atoms with Crippen LogP contribution in [0.5, 0.6) is 0 Å². The van der Waals surface area contributed by atoms with E-state index in [9.17, 15) is 0 Å². The maximum absolute atomic E-state index is 7.03. The highest BCUT2D eigenvalue weighted by Crippen LogP contribution is 2.46. The van der Waals surface area contributed by atoms with Gasteiger partial charge in [-0.15, -0.1) is 0 Å². The van der Waals surface area contributed by atoms with E-state index in [4.69, 9.17) is 4.74 Å². The minimum absolute atomic E-state index is 0.352. The van der Waals surface area contributed by atoms with Crippen molar-refractivity contribution in [3.05, 3.63) is 218 Å². The molecule has 2 nitrogen and oxygen atoms in total. The summed E-state index contributed by atoms with van der Waals surface area (Å²) in [6.45, 7) is 2.56. The molecule has 9 rings (SSSR count). The predicted molar refractivity (Wildman–Crippen MR) is 230 cm³/mol. The van der Waals surface area contributed by atoms with Gasteiger partial charge in [-0.25, -0.2) is 0 Å². The first-order chi connectivity index (χ1) is 27.2. The fourth-order valence-electron chi connectivity index (χ4n) is 7.72. The van der Waals surface area contributed by atoms with Crippen LogP contribution >= 0.6 is 0 Å². The number of hydrogen-bond donors (Lipinski definition) is 0. The van der Waals surface area contributed by atoms with Gasteiger partial charge in [-0.05, 0) is 79.9 Å². The van der Waals surface area contributed by atoms with E-state index in [-0.39, 0.29) is 0 Å². The van der Waals surface area contributed by atoms with Gasteiger partial charge in [-0.1, -0.05) is 182 Å². The summed E-state index contributed by atoms with van der Waals surface area (Å²) in [5.41, 5.74) is 17.2. The van der Waals surface area contributed by atoms with Crippen LogP contribution in [0, 0.1) is 0 Å². The summed E-state index contributed by atoms with van der Waals surface area (Å²) in [7, 11) is 0. The first-order valence-electron chi connectivity index (χ1n) is 18.9. The van der Waals surface area contributed by atoms with Crippen molar-refractivity contribution in [1.82, 2.24) is 0 Å². The van der Waals surface area contributed by atoms with Gasteiger partial charge in [-0.2, -0.15) is 4.58 Å². The molecule has 0 unspecified atom stereocenters. The van der Waals surface area contributed by atoms with Crippen molar-refractivity contribution in [2.24, 2.45) is 0 Å². The molecule has 0 saturated heterocycles. The van der Waals surface area contributed by atoms with Crippen LogP contribution in [-0.4, -0.2) is 17.0 Å². The molecule has 0 fully saturated rings. The minimum atomic E-state index is 0.352. The van der Waals surface area contributed by atoms with Crippen molar-refractivity contribution in [2.45, 2.75) is 6.92 Å². The summed E-state index contributed by atoms with van der Waals surface area (Å²) >= 11 is 0. The van der Waals surface area contributed by atoms with Crippen LogP contribution in [0.1, 0.15) is 12.5 Å². The highest BCUT2D eigenvalue weighted by Gasteiger charge is 2.31. The van der Waals surface area contributed by atoms with E-state index in [1.807, 2.05) is 0 Å². The largest absolute Gasteiger partial charge is 0.435 e. The summed E-state index contributed by atoms with van der Waals surface area (Å²) < 4.78 is 9.37. The second kappa shape index (κ2) is 15.1. The molecule has 0 aliphatic carbocycles. The fourth-order valence-corrected chi connectivity index (χ4v) is 7.72. The molecule has 0 saturated carbocycles. The molecule has 8 aromatic carbocycles. The van der Waals surface area contributed by atoms with Gasteiger partial charge < -0.3 is 4.74 Å². The predicted octanol–water partition coefficient (Wildman–Crippen LogP) is 13.8. The highest BCUT2D eigenvalue weighted by atomic mass is 16.5. The second-order valence-electron chi connectivity index (χ2n) is 13.9. The van der Waals surface area contributed by atoms with Gasteiger partial charge in [-0.3, -0.25) is 0 Å². The molecule has 262 valence electrons. The van der Waals surface area contributed by atoms with E-state index in [1.54, 1.807) is 0 Å². The first-order valence-corrected chi connectivity index (χ1v) is 18.9. The van der Waals surface area contributed by atoms with Crippen molar-refractivity contribution < 1.29 is 9.31 Å². The lowest BCUT2D eigenvalue weighted by molar-refractivity contribution is -0.483. The standard InChI is InChI=1S/C53H40NO/c1-38-32-51(52-47(41-24-12-4-13-25-41)33-45(39-20-8-2-9-21-39)34-48(52)42-26-14-5-15-27-42)55-37-54(38)53-49(43-28-16-6-17-29-43)35-46(40-22-10-3-11-23-40)36-50(53)44-30-18-7-19-31-44/h2-36H,37H2,1H3/q+1. The van der Waals surface area contributed by atoms with Crippen molar-refractivity contribution >= 4 is 17.2 Å². The Labute approximate surface area is 323 Å². The third-order valence-corrected chi connectivity index (χ3v) is 10.4. The summed E-state index contributed by atoms with van der Waals surface area (Å²) in [6.07, 6.45) is 2.23. The van der Waals surface area contributed by atoms with Crippen LogP contribution in [0.15, 0.2) is 212 Å². The third-order valence-electron chi connectivity index (χ3n) is 10.4. The zero-order valence-corrected chi connectivity index (χ0v) is 30.8. The van der Waals surface area contributed by atoms with Crippen molar-refractivity contribution in [1.29, 1.82) is 0 Å². The Bertz CT molecular complexity index is 2530. The third kappa shape index (κ3) is 6.83. The zero-order valence-electron chi connectivity index (χ0n) is 30.8. The van der Waals surface area contributed by atoms with Crippen LogP contribution in [0.4, 0.5) is 5.69 Å². The quantitative estimate of drug-likeness (QED) is 0.143. The SMILES string of the molecule is CC1=[N+](c2c(-c3ccccc3)cc(-c3ccccc3)cc2-c2ccccc2)COC(c2c(-c3ccccc3)cc(-c3ccccc3)cc2-c2ccccc2)=C1. The van der Waals surface area contributed by atoms with Gasteiger partial charge in [0.1, 0.15) is 5.76 Å². The molecule has 1 aliphatic rings. The molecule has 1 aliphatic heterocycles. The molecule has 0 spiro atoms. The van der Waals surface area contributed by atoms with Gasteiger partial charge in [0.2, 0.25) is 5.69 Å². The Morgan fingerprint density at radius 1 is 0.364 bits per heavy atom. The molecular weight excluding hydrogens is 667 g/mol. The molecule has 0 N–H and O–H groups in total. The van der Waals surface area contributed by atoms with E-state index < -0.39 is 0 Å². The molecule has 1 heterocycles. The van der Waals surface area contributed by atoms with E-state index in [0.29, 0.717) is 6.73 Å². The van der Waals surface area contributed by atoms with Crippen LogP contribution in [0.3, 0.4) is 0 Å². The fraction of sp³-hybridized carbons (Fsp3) is 0.0377. The lowest BCUT2D eigenvalue weighted by Gasteiger charge is -2.24. The molecule has 0 bridgehead atoms. The van der Waals surface area contributed by atoms with Crippen LogP contribution < -0.4 is 0 Å². The number of allylic oxidation sites excluding steroid dienone is 1. The second-order valence-corrected chi connectivity index (χ2v) is 13.9. The van der Waals surface area contributed by atoms with E-state index in [1.165, 1.54) is 22.3 Å². The number of ether oxygens (including phenoxy) is 1. The van der Waals surface area contributed by atoms with Crippen LogP contribution in [0.25, 0.3) is 72.5 Å².